The zero-order valence-corrected chi connectivity index (χ0v) is 10.1. The minimum absolute atomic E-state index is 0.365. The van der Waals surface area contributed by atoms with Crippen LogP contribution >= 0.6 is 0 Å². The lowest BCUT2D eigenvalue weighted by Gasteiger charge is -2.33. The first-order valence-electron chi connectivity index (χ1n) is 5.56. The number of rotatable bonds is 6. The van der Waals surface area contributed by atoms with Gasteiger partial charge in [-0.2, -0.15) is 0 Å². The second-order valence-electron chi connectivity index (χ2n) is 5.06. The van der Waals surface area contributed by atoms with E-state index in [1.54, 1.807) is 6.92 Å². The topological polar surface area (TPSA) is 52.6 Å². The molecule has 88 valence electrons. The largest absolute Gasteiger partial charge is 0.480 e. The third kappa shape index (κ3) is 3.47. The Bertz CT molecular complexity index is 239. The monoisotopic (exact) mass is 214 g/mol. The molecule has 0 bridgehead atoms. The quantitative estimate of drug-likeness (QED) is 0.690. The Balaban J connectivity index is 2.58. The highest BCUT2D eigenvalue weighted by atomic mass is 16.4. The van der Waals surface area contributed by atoms with Crippen molar-refractivity contribution >= 4 is 5.97 Å². The van der Waals surface area contributed by atoms with Gasteiger partial charge < -0.3 is 10.0 Å². The molecular weight excluding hydrogens is 192 g/mol. The van der Waals surface area contributed by atoms with Crippen LogP contribution in [0.3, 0.4) is 0 Å². The number of carboxylic acid groups (broad SMARTS) is 1. The van der Waals surface area contributed by atoms with Gasteiger partial charge in [0.25, 0.3) is 0 Å². The van der Waals surface area contributed by atoms with Crippen LogP contribution in [-0.4, -0.2) is 47.2 Å². The summed E-state index contributed by atoms with van der Waals surface area (Å²) in [5, 5.41) is 12.5. The number of carboxylic acids is 1. The van der Waals surface area contributed by atoms with Crippen molar-refractivity contribution < 1.29 is 9.90 Å². The van der Waals surface area contributed by atoms with Gasteiger partial charge in [0.05, 0.1) is 0 Å². The van der Waals surface area contributed by atoms with E-state index in [1.165, 1.54) is 0 Å². The van der Waals surface area contributed by atoms with E-state index in [-0.39, 0.29) is 0 Å². The molecule has 0 saturated heterocycles. The predicted molar refractivity (Wildman–Crippen MR) is 60.0 cm³/mol. The Morgan fingerprint density at radius 1 is 1.60 bits per heavy atom. The van der Waals surface area contributed by atoms with Gasteiger partial charge in [-0.1, -0.05) is 0 Å². The maximum Gasteiger partial charge on any atom is 0.324 e. The molecule has 0 aromatic carbocycles. The van der Waals surface area contributed by atoms with Crippen LogP contribution in [0.4, 0.5) is 0 Å². The maximum absolute atomic E-state index is 11.3. The van der Waals surface area contributed by atoms with Crippen LogP contribution in [0, 0.1) is 0 Å². The van der Waals surface area contributed by atoms with Gasteiger partial charge in [0.15, 0.2) is 0 Å². The second kappa shape index (κ2) is 4.49. The fraction of sp³-hybridized carbons (Fsp3) is 0.909. The summed E-state index contributed by atoms with van der Waals surface area (Å²) >= 11 is 0. The van der Waals surface area contributed by atoms with Crippen molar-refractivity contribution in [1.29, 1.82) is 0 Å². The molecule has 0 amide bonds. The molecule has 0 spiro atoms. The van der Waals surface area contributed by atoms with Gasteiger partial charge in [-0.25, -0.2) is 0 Å². The summed E-state index contributed by atoms with van der Waals surface area (Å²) in [7, 11) is 1.96. The van der Waals surface area contributed by atoms with E-state index in [1.807, 2.05) is 7.05 Å². The smallest absolute Gasteiger partial charge is 0.324 e. The van der Waals surface area contributed by atoms with E-state index >= 15 is 0 Å². The lowest BCUT2D eigenvalue weighted by atomic mass is 10.0. The number of hydrogen-bond acceptors (Lipinski definition) is 3. The fourth-order valence-electron chi connectivity index (χ4n) is 1.53. The molecule has 1 atom stereocenters. The lowest BCUT2D eigenvalue weighted by Crippen LogP contribution is -2.57. The molecule has 4 heteroatoms. The molecule has 2 N–H and O–H groups in total. The van der Waals surface area contributed by atoms with Crippen LogP contribution in [0.15, 0.2) is 0 Å². The van der Waals surface area contributed by atoms with Gasteiger partial charge in [0.1, 0.15) is 5.54 Å². The van der Waals surface area contributed by atoms with E-state index < -0.39 is 11.5 Å². The summed E-state index contributed by atoms with van der Waals surface area (Å²) in [6.45, 7) is 6.45. The van der Waals surface area contributed by atoms with Gasteiger partial charge in [0.2, 0.25) is 0 Å². The van der Waals surface area contributed by atoms with Gasteiger partial charge in [0, 0.05) is 18.6 Å². The molecule has 1 saturated carbocycles. The van der Waals surface area contributed by atoms with Crippen molar-refractivity contribution in [1.82, 2.24) is 10.2 Å². The summed E-state index contributed by atoms with van der Waals surface area (Å²) in [5.74, 6) is -0.762. The SMILES string of the molecule is CC(C)N(C)CC(C)(NC1CC1)C(=O)O. The number of aliphatic carboxylic acids is 1. The molecule has 1 aliphatic carbocycles. The van der Waals surface area contributed by atoms with Crippen LogP contribution < -0.4 is 5.32 Å². The molecule has 0 aromatic heterocycles. The highest BCUT2D eigenvalue weighted by molar-refractivity contribution is 5.78. The molecule has 0 aromatic rings. The third-order valence-electron chi connectivity index (χ3n) is 3.02. The van der Waals surface area contributed by atoms with Crippen molar-refractivity contribution in [3.8, 4) is 0 Å². The van der Waals surface area contributed by atoms with E-state index in [0.717, 1.165) is 12.8 Å². The van der Waals surface area contributed by atoms with Crippen molar-refractivity contribution in [3.63, 3.8) is 0 Å². The third-order valence-corrected chi connectivity index (χ3v) is 3.02. The summed E-state index contributed by atoms with van der Waals surface area (Å²) in [4.78, 5) is 13.3. The molecule has 15 heavy (non-hydrogen) atoms. The zero-order chi connectivity index (χ0) is 11.6. The van der Waals surface area contributed by atoms with E-state index in [4.69, 9.17) is 0 Å². The summed E-state index contributed by atoms with van der Waals surface area (Å²) < 4.78 is 0. The molecule has 0 radical (unpaired) electrons. The lowest BCUT2D eigenvalue weighted by molar-refractivity contribution is -0.145. The predicted octanol–water partition coefficient (Wildman–Crippen LogP) is 0.922. The Morgan fingerprint density at radius 3 is 2.47 bits per heavy atom. The van der Waals surface area contributed by atoms with Crippen molar-refractivity contribution in [3.05, 3.63) is 0 Å². The first kappa shape index (κ1) is 12.5. The van der Waals surface area contributed by atoms with Crippen molar-refractivity contribution in [2.75, 3.05) is 13.6 Å². The number of nitrogens with zero attached hydrogens (tertiary/aromatic N) is 1. The Hall–Kier alpha value is -0.610. The average molecular weight is 214 g/mol. The van der Waals surface area contributed by atoms with E-state index in [9.17, 15) is 9.90 Å². The Morgan fingerprint density at radius 2 is 2.13 bits per heavy atom. The summed E-state index contributed by atoms with van der Waals surface area (Å²) in [5.41, 5.74) is -0.819. The molecule has 1 aliphatic rings. The van der Waals surface area contributed by atoms with Crippen molar-refractivity contribution in [2.24, 2.45) is 0 Å². The minimum Gasteiger partial charge on any atom is -0.480 e. The van der Waals surface area contributed by atoms with Gasteiger partial charge in [-0.15, -0.1) is 0 Å². The highest BCUT2D eigenvalue weighted by Gasteiger charge is 2.39. The van der Waals surface area contributed by atoms with Gasteiger partial charge in [-0.05, 0) is 40.7 Å². The molecule has 4 nitrogen and oxygen atoms in total. The fourth-order valence-corrected chi connectivity index (χ4v) is 1.53. The number of carbonyl (C=O) groups is 1. The van der Waals surface area contributed by atoms with E-state index in [0.29, 0.717) is 18.6 Å². The van der Waals surface area contributed by atoms with Crippen LogP contribution in [0.1, 0.15) is 33.6 Å². The van der Waals surface area contributed by atoms with Gasteiger partial charge >= 0.3 is 5.97 Å². The number of likely N-dealkylation sites (N-methyl/N-ethyl adjacent to an activating group) is 1. The first-order chi connectivity index (χ1) is 6.85. The number of nitrogens with one attached hydrogen (secondary N) is 1. The van der Waals surface area contributed by atoms with Crippen molar-refractivity contribution in [2.45, 2.75) is 51.2 Å². The maximum atomic E-state index is 11.3. The second-order valence-corrected chi connectivity index (χ2v) is 5.06. The van der Waals surface area contributed by atoms with Gasteiger partial charge in [-0.3, -0.25) is 10.1 Å². The normalized spacial score (nSPS) is 20.7. The molecular formula is C11H22N2O2. The highest BCUT2D eigenvalue weighted by Crippen LogP contribution is 2.23. The standard InChI is InChI=1S/C11H22N2O2/c1-8(2)13(4)7-11(3,10(14)15)12-9-5-6-9/h8-9,12H,5-7H2,1-4H3,(H,14,15). The number of hydrogen-bond donors (Lipinski definition) is 2. The Labute approximate surface area is 91.6 Å². The molecule has 1 rings (SSSR count). The molecule has 1 unspecified atom stereocenters. The Kier molecular flexibility index (Phi) is 3.73. The molecule has 1 fully saturated rings. The summed E-state index contributed by atoms with van der Waals surface area (Å²) in [6.07, 6.45) is 2.21. The average Bonchev–Trinajstić information content (AvgIpc) is 2.87. The summed E-state index contributed by atoms with van der Waals surface area (Å²) in [6, 6.07) is 0.774. The zero-order valence-electron chi connectivity index (χ0n) is 10.1. The van der Waals surface area contributed by atoms with Crippen LogP contribution in [0.5, 0.6) is 0 Å². The molecule has 0 heterocycles. The molecule has 0 aliphatic heterocycles. The first-order valence-corrected chi connectivity index (χ1v) is 5.56. The van der Waals surface area contributed by atoms with Crippen LogP contribution in [-0.2, 0) is 4.79 Å². The van der Waals surface area contributed by atoms with E-state index in [2.05, 4.69) is 24.1 Å². The van der Waals surface area contributed by atoms with Crippen LogP contribution in [0.25, 0.3) is 0 Å². The minimum atomic E-state index is -0.819. The van der Waals surface area contributed by atoms with Crippen LogP contribution in [0.2, 0.25) is 0 Å².